The van der Waals surface area contributed by atoms with Gasteiger partial charge in [0.2, 0.25) is 0 Å². The minimum Gasteiger partial charge on any atom is -0.481 e. The fourth-order valence-electron chi connectivity index (χ4n) is 6.66. The summed E-state index contributed by atoms with van der Waals surface area (Å²) in [5.41, 5.74) is 0. The molecular formula is C45H84O4. The molecule has 1 atom stereocenters. The second-order valence-corrected chi connectivity index (χ2v) is 14.9. The molecule has 0 aromatic heterocycles. The van der Waals surface area contributed by atoms with Crippen LogP contribution in [0, 0.1) is 0 Å². The second kappa shape index (κ2) is 40.8. The van der Waals surface area contributed by atoms with E-state index in [2.05, 4.69) is 38.2 Å². The number of unbranched alkanes of at least 4 members (excludes halogenated alkanes) is 29. The molecule has 0 fully saturated rings. The fraction of sp³-hybridized carbons (Fsp3) is 0.867. The molecule has 1 unspecified atom stereocenters. The first-order valence-electron chi connectivity index (χ1n) is 21.8. The molecule has 0 aliphatic heterocycles. The van der Waals surface area contributed by atoms with Gasteiger partial charge >= 0.3 is 11.9 Å². The van der Waals surface area contributed by atoms with E-state index in [1.165, 1.54) is 161 Å². The van der Waals surface area contributed by atoms with E-state index in [4.69, 9.17) is 9.84 Å². The van der Waals surface area contributed by atoms with Gasteiger partial charge in [-0.15, -0.1) is 0 Å². The van der Waals surface area contributed by atoms with Crippen LogP contribution in [0.1, 0.15) is 245 Å². The molecule has 0 bridgehead atoms. The molecule has 0 aliphatic carbocycles. The molecule has 0 radical (unpaired) electrons. The van der Waals surface area contributed by atoms with Crippen molar-refractivity contribution in [2.45, 2.75) is 251 Å². The summed E-state index contributed by atoms with van der Waals surface area (Å²) in [6, 6.07) is 0. The quantitative estimate of drug-likeness (QED) is 0.0395. The number of hydrogen-bond acceptors (Lipinski definition) is 3. The number of carboxylic acids is 1. The molecule has 0 aromatic carbocycles. The Morgan fingerprint density at radius 2 is 0.857 bits per heavy atom. The second-order valence-electron chi connectivity index (χ2n) is 14.9. The summed E-state index contributed by atoms with van der Waals surface area (Å²) in [4.78, 5) is 23.3. The zero-order valence-electron chi connectivity index (χ0n) is 33.0. The van der Waals surface area contributed by atoms with E-state index >= 15 is 0 Å². The van der Waals surface area contributed by atoms with Crippen molar-refractivity contribution < 1.29 is 19.4 Å². The number of carbonyl (C=O) groups excluding carboxylic acids is 1. The average molecular weight is 689 g/mol. The Morgan fingerprint density at radius 1 is 0.469 bits per heavy atom. The minimum absolute atomic E-state index is 0.0746. The van der Waals surface area contributed by atoms with Crippen molar-refractivity contribution in [1.29, 1.82) is 0 Å². The van der Waals surface area contributed by atoms with Gasteiger partial charge in [0.1, 0.15) is 6.10 Å². The van der Waals surface area contributed by atoms with Crippen LogP contribution in [-0.4, -0.2) is 23.1 Å². The molecule has 0 heterocycles. The molecule has 1 N–H and O–H groups in total. The summed E-state index contributed by atoms with van der Waals surface area (Å²) in [6.45, 7) is 4.52. The van der Waals surface area contributed by atoms with E-state index < -0.39 is 5.97 Å². The zero-order valence-corrected chi connectivity index (χ0v) is 33.0. The third kappa shape index (κ3) is 40.7. The first-order chi connectivity index (χ1) is 24.1. The summed E-state index contributed by atoms with van der Waals surface area (Å²) < 4.78 is 5.86. The summed E-state index contributed by atoms with van der Waals surface area (Å²) in [5.74, 6) is -0.798. The number of esters is 1. The number of carbonyl (C=O) groups is 2. The third-order valence-electron chi connectivity index (χ3n) is 9.91. The predicted molar refractivity (Wildman–Crippen MR) is 213 cm³/mol. The lowest BCUT2D eigenvalue weighted by Crippen LogP contribution is -2.16. The maximum atomic E-state index is 12.6. The first kappa shape index (κ1) is 47.4. The van der Waals surface area contributed by atoms with Gasteiger partial charge < -0.3 is 9.84 Å². The van der Waals surface area contributed by atoms with Crippen LogP contribution in [0.5, 0.6) is 0 Å². The summed E-state index contributed by atoms with van der Waals surface area (Å²) in [7, 11) is 0. The molecule has 0 spiro atoms. The van der Waals surface area contributed by atoms with Crippen LogP contribution in [0.15, 0.2) is 24.3 Å². The molecule has 0 aromatic rings. The Kier molecular flexibility index (Phi) is 39.5. The van der Waals surface area contributed by atoms with Gasteiger partial charge in [-0.2, -0.15) is 0 Å². The van der Waals surface area contributed by atoms with Gasteiger partial charge in [0.15, 0.2) is 0 Å². The standard InChI is InChI=1S/C45H84O4/c1-3-5-7-9-11-13-14-15-16-17-18-19-20-21-22-23-24-25-26-27-28-30-32-38-42-45(48)49-43(40-36-33-34-37-41-44(46)47)39-35-31-29-12-10-8-6-4-2/h12,29,35,39,43H,3-11,13-28,30-34,36-38,40-42H2,1-2H3,(H,46,47)/b29-12-,39-35-. The molecule has 49 heavy (non-hydrogen) atoms. The number of hydrogen-bond donors (Lipinski definition) is 1. The summed E-state index contributed by atoms with van der Waals surface area (Å²) in [6.07, 6.45) is 52.4. The molecule has 0 rings (SSSR count). The van der Waals surface area contributed by atoms with Crippen LogP contribution in [0.3, 0.4) is 0 Å². The van der Waals surface area contributed by atoms with Gasteiger partial charge in [-0.3, -0.25) is 9.59 Å². The van der Waals surface area contributed by atoms with Gasteiger partial charge in [-0.1, -0.05) is 205 Å². The maximum absolute atomic E-state index is 12.6. The van der Waals surface area contributed by atoms with E-state index in [-0.39, 0.29) is 18.5 Å². The van der Waals surface area contributed by atoms with Crippen molar-refractivity contribution in [2.24, 2.45) is 0 Å². The molecule has 0 saturated heterocycles. The third-order valence-corrected chi connectivity index (χ3v) is 9.91. The fourth-order valence-corrected chi connectivity index (χ4v) is 6.66. The normalized spacial score (nSPS) is 12.4. The molecule has 4 heteroatoms. The Hall–Kier alpha value is -1.58. The van der Waals surface area contributed by atoms with Crippen LogP contribution in [0.4, 0.5) is 0 Å². The Bertz CT molecular complexity index is 742. The van der Waals surface area contributed by atoms with Gasteiger partial charge in [-0.05, 0) is 51.0 Å². The highest BCUT2D eigenvalue weighted by molar-refractivity contribution is 5.69. The highest BCUT2D eigenvalue weighted by atomic mass is 16.5. The van der Waals surface area contributed by atoms with Crippen LogP contribution < -0.4 is 0 Å². The van der Waals surface area contributed by atoms with Crippen molar-refractivity contribution in [3.8, 4) is 0 Å². The lowest BCUT2D eigenvalue weighted by molar-refractivity contribution is -0.147. The lowest BCUT2D eigenvalue weighted by atomic mass is 10.0. The summed E-state index contributed by atoms with van der Waals surface area (Å²) in [5, 5.41) is 8.83. The lowest BCUT2D eigenvalue weighted by Gasteiger charge is -2.14. The van der Waals surface area contributed by atoms with E-state index in [1.54, 1.807) is 0 Å². The van der Waals surface area contributed by atoms with E-state index in [1.807, 2.05) is 0 Å². The van der Waals surface area contributed by atoms with Crippen molar-refractivity contribution in [3.05, 3.63) is 24.3 Å². The number of aliphatic carboxylic acids is 1. The van der Waals surface area contributed by atoms with Crippen LogP contribution >= 0.6 is 0 Å². The van der Waals surface area contributed by atoms with Gasteiger partial charge in [-0.25, -0.2) is 0 Å². The molecule has 288 valence electrons. The molecule has 4 nitrogen and oxygen atoms in total. The number of ether oxygens (including phenoxy) is 1. The van der Waals surface area contributed by atoms with Crippen LogP contribution in [-0.2, 0) is 14.3 Å². The Balaban J connectivity index is 3.74. The Labute approximate surface area is 306 Å². The van der Waals surface area contributed by atoms with Crippen molar-refractivity contribution >= 4 is 11.9 Å². The van der Waals surface area contributed by atoms with Crippen LogP contribution in [0.25, 0.3) is 0 Å². The van der Waals surface area contributed by atoms with Gasteiger partial charge in [0.25, 0.3) is 0 Å². The average Bonchev–Trinajstić information content (AvgIpc) is 3.09. The van der Waals surface area contributed by atoms with Gasteiger partial charge in [0.05, 0.1) is 0 Å². The first-order valence-corrected chi connectivity index (χ1v) is 21.8. The van der Waals surface area contributed by atoms with Crippen molar-refractivity contribution in [2.75, 3.05) is 0 Å². The topological polar surface area (TPSA) is 63.6 Å². The highest BCUT2D eigenvalue weighted by Crippen LogP contribution is 2.17. The predicted octanol–water partition coefficient (Wildman–Crippen LogP) is 15.2. The van der Waals surface area contributed by atoms with E-state index in [9.17, 15) is 9.59 Å². The molecule has 0 saturated carbocycles. The number of allylic oxidation sites excluding steroid dienone is 3. The largest absolute Gasteiger partial charge is 0.481 e. The monoisotopic (exact) mass is 689 g/mol. The molecule has 0 amide bonds. The Morgan fingerprint density at radius 3 is 1.31 bits per heavy atom. The molecule has 0 aliphatic rings. The SMILES string of the molecule is CCCCC/C=C\C/C=C\C(CCCCCCC(=O)O)OC(=O)CCCCCCCCCCCCCCCCCCCCCCCCCC. The number of rotatable bonds is 40. The van der Waals surface area contributed by atoms with Gasteiger partial charge in [0, 0.05) is 12.8 Å². The van der Waals surface area contributed by atoms with E-state index in [0.717, 1.165) is 57.8 Å². The smallest absolute Gasteiger partial charge is 0.306 e. The maximum Gasteiger partial charge on any atom is 0.306 e. The van der Waals surface area contributed by atoms with Crippen molar-refractivity contribution in [3.63, 3.8) is 0 Å². The van der Waals surface area contributed by atoms with Crippen molar-refractivity contribution in [1.82, 2.24) is 0 Å². The number of carboxylic acid groups (broad SMARTS) is 1. The zero-order chi connectivity index (χ0) is 35.7. The van der Waals surface area contributed by atoms with Crippen LogP contribution in [0.2, 0.25) is 0 Å². The highest BCUT2D eigenvalue weighted by Gasteiger charge is 2.11. The molecular weight excluding hydrogens is 604 g/mol. The summed E-state index contributed by atoms with van der Waals surface area (Å²) >= 11 is 0. The van der Waals surface area contributed by atoms with E-state index in [0.29, 0.717) is 6.42 Å². The minimum atomic E-state index is -0.724.